The second-order valence-electron chi connectivity index (χ2n) is 6.20. The molecule has 0 aromatic heterocycles. The maximum Gasteiger partial charge on any atom is 0.144 e. The minimum absolute atomic E-state index is 0.726. The zero-order valence-corrected chi connectivity index (χ0v) is 13.1. The number of ether oxygens (including phenoxy) is 1. The van der Waals surface area contributed by atoms with Gasteiger partial charge in [-0.2, -0.15) is 0 Å². The van der Waals surface area contributed by atoms with Crippen LogP contribution in [-0.4, -0.2) is 43.7 Å². The van der Waals surface area contributed by atoms with Crippen LogP contribution in [0.15, 0.2) is 18.2 Å². The Balaban J connectivity index is 1.75. The van der Waals surface area contributed by atoms with Crippen LogP contribution in [0, 0.1) is 0 Å². The fourth-order valence-electron chi connectivity index (χ4n) is 3.50. The molecule has 0 aliphatic carbocycles. The van der Waals surface area contributed by atoms with Crippen LogP contribution in [0.2, 0.25) is 0 Å². The molecule has 0 saturated carbocycles. The largest absolute Gasteiger partial charge is 0.491 e. The van der Waals surface area contributed by atoms with E-state index >= 15 is 0 Å². The van der Waals surface area contributed by atoms with E-state index in [9.17, 15) is 0 Å². The average molecular weight is 289 g/mol. The van der Waals surface area contributed by atoms with E-state index in [4.69, 9.17) is 10.5 Å². The normalized spacial score (nSPS) is 22.9. The van der Waals surface area contributed by atoms with Gasteiger partial charge in [-0.05, 0) is 44.4 Å². The molecular formula is C17H27N3O. The molecule has 1 atom stereocenters. The predicted molar refractivity (Wildman–Crippen MR) is 88.1 cm³/mol. The summed E-state index contributed by atoms with van der Waals surface area (Å²) in [6.45, 7) is 7.63. The van der Waals surface area contributed by atoms with Crippen molar-refractivity contribution in [2.45, 2.75) is 38.6 Å². The monoisotopic (exact) mass is 289 g/mol. The summed E-state index contributed by atoms with van der Waals surface area (Å²) in [6, 6.07) is 6.97. The van der Waals surface area contributed by atoms with E-state index in [-0.39, 0.29) is 0 Å². The standard InChI is InChI=1S/C17H27N3O/c1-2-11-21-17-12-14(6-7-16(17)18)20-10-4-9-19-8-3-5-15(19)13-20/h6-7,12,15H,2-5,8-11,13,18H2,1H3. The van der Waals surface area contributed by atoms with Gasteiger partial charge in [-0.1, -0.05) is 6.92 Å². The predicted octanol–water partition coefficient (Wildman–Crippen LogP) is 2.73. The van der Waals surface area contributed by atoms with Crippen LogP contribution >= 0.6 is 0 Å². The molecule has 2 aliphatic heterocycles. The van der Waals surface area contributed by atoms with Crippen molar-refractivity contribution in [3.8, 4) is 5.75 Å². The molecule has 0 bridgehead atoms. The van der Waals surface area contributed by atoms with E-state index in [0.29, 0.717) is 0 Å². The van der Waals surface area contributed by atoms with Gasteiger partial charge < -0.3 is 15.4 Å². The van der Waals surface area contributed by atoms with Gasteiger partial charge in [-0.25, -0.2) is 0 Å². The highest BCUT2D eigenvalue weighted by Gasteiger charge is 2.28. The Morgan fingerprint density at radius 1 is 1.24 bits per heavy atom. The molecule has 2 fully saturated rings. The number of nitrogen functional groups attached to an aromatic ring is 1. The molecule has 4 nitrogen and oxygen atoms in total. The zero-order valence-electron chi connectivity index (χ0n) is 13.1. The number of rotatable bonds is 4. The van der Waals surface area contributed by atoms with Crippen molar-refractivity contribution in [1.82, 2.24) is 4.90 Å². The molecule has 3 rings (SSSR count). The fraction of sp³-hybridized carbons (Fsp3) is 0.647. The molecule has 0 radical (unpaired) electrons. The minimum atomic E-state index is 0.726. The number of benzene rings is 1. The van der Waals surface area contributed by atoms with Crippen LogP contribution < -0.4 is 15.4 Å². The summed E-state index contributed by atoms with van der Waals surface area (Å²) in [5, 5.41) is 0. The highest BCUT2D eigenvalue weighted by molar-refractivity contribution is 5.62. The van der Waals surface area contributed by atoms with Gasteiger partial charge in [0, 0.05) is 37.4 Å². The van der Waals surface area contributed by atoms with E-state index < -0.39 is 0 Å². The molecule has 0 amide bonds. The number of nitrogens with zero attached hydrogens (tertiary/aromatic N) is 2. The third-order valence-electron chi connectivity index (χ3n) is 4.63. The molecule has 0 spiro atoms. The van der Waals surface area contributed by atoms with Crippen LogP contribution in [0.3, 0.4) is 0 Å². The summed E-state index contributed by atoms with van der Waals surface area (Å²) < 4.78 is 5.77. The van der Waals surface area contributed by atoms with Gasteiger partial charge in [0.05, 0.1) is 12.3 Å². The third-order valence-corrected chi connectivity index (χ3v) is 4.63. The van der Waals surface area contributed by atoms with Gasteiger partial charge >= 0.3 is 0 Å². The van der Waals surface area contributed by atoms with Gasteiger partial charge in [-0.15, -0.1) is 0 Å². The summed E-state index contributed by atoms with van der Waals surface area (Å²) in [5.74, 6) is 0.835. The van der Waals surface area contributed by atoms with Crippen LogP contribution in [-0.2, 0) is 0 Å². The Bertz CT molecular complexity index is 477. The molecule has 4 heteroatoms. The Hall–Kier alpha value is -1.42. The van der Waals surface area contributed by atoms with Crippen LogP contribution in [0.25, 0.3) is 0 Å². The maximum atomic E-state index is 6.02. The van der Waals surface area contributed by atoms with Gasteiger partial charge in [0.2, 0.25) is 0 Å². The van der Waals surface area contributed by atoms with Crippen molar-refractivity contribution >= 4 is 11.4 Å². The Morgan fingerprint density at radius 2 is 2.10 bits per heavy atom. The third kappa shape index (κ3) is 3.26. The lowest BCUT2D eigenvalue weighted by Crippen LogP contribution is -2.36. The number of nitrogens with two attached hydrogens (primary N) is 1. The minimum Gasteiger partial charge on any atom is -0.491 e. The summed E-state index contributed by atoms with van der Waals surface area (Å²) in [6.07, 6.45) is 4.94. The number of fused-ring (bicyclic) bond motifs is 1. The first-order chi connectivity index (χ1) is 10.3. The zero-order chi connectivity index (χ0) is 14.7. The second kappa shape index (κ2) is 6.56. The molecule has 2 heterocycles. The van der Waals surface area contributed by atoms with E-state index in [1.54, 1.807) is 0 Å². The lowest BCUT2D eigenvalue weighted by atomic mass is 10.2. The smallest absolute Gasteiger partial charge is 0.144 e. The quantitative estimate of drug-likeness (QED) is 0.865. The molecule has 2 N–H and O–H groups in total. The number of hydrogen-bond donors (Lipinski definition) is 1. The van der Waals surface area contributed by atoms with Crippen molar-refractivity contribution in [3.05, 3.63) is 18.2 Å². The van der Waals surface area contributed by atoms with Crippen molar-refractivity contribution in [2.24, 2.45) is 0 Å². The van der Waals surface area contributed by atoms with E-state index in [1.807, 2.05) is 6.07 Å². The highest BCUT2D eigenvalue weighted by atomic mass is 16.5. The first-order valence-corrected chi connectivity index (χ1v) is 8.29. The number of hydrogen-bond acceptors (Lipinski definition) is 4. The molecule has 21 heavy (non-hydrogen) atoms. The molecule has 2 aliphatic rings. The second-order valence-corrected chi connectivity index (χ2v) is 6.20. The molecule has 1 aromatic rings. The molecule has 116 valence electrons. The lowest BCUT2D eigenvalue weighted by molar-refractivity contribution is 0.273. The topological polar surface area (TPSA) is 41.7 Å². The summed E-state index contributed by atoms with van der Waals surface area (Å²) >= 11 is 0. The summed E-state index contributed by atoms with van der Waals surface area (Å²) in [7, 11) is 0. The lowest BCUT2D eigenvalue weighted by Gasteiger charge is -2.27. The van der Waals surface area contributed by atoms with Crippen molar-refractivity contribution in [3.63, 3.8) is 0 Å². The molecule has 1 aromatic carbocycles. The Kier molecular flexibility index (Phi) is 4.54. The first kappa shape index (κ1) is 14.5. The van der Waals surface area contributed by atoms with Crippen LogP contribution in [0.1, 0.15) is 32.6 Å². The summed E-state index contributed by atoms with van der Waals surface area (Å²) in [5.41, 5.74) is 8.02. The van der Waals surface area contributed by atoms with Crippen molar-refractivity contribution in [1.29, 1.82) is 0 Å². The fourth-order valence-corrected chi connectivity index (χ4v) is 3.50. The maximum absolute atomic E-state index is 6.02. The van der Waals surface area contributed by atoms with Crippen molar-refractivity contribution in [2.75, 3.05) is 43.4 Å². The average Bonchev–Trinajstić information content (AvgIpc) is 2.83. The van der Waals surface area contributed by atoms with Gasteiger partial charge in [0.25, 0.3) is 0 Å². The molecule has 2 saturated heterocycles. The molecule has 1 unspecified atom stereocenters. The first-order valence-electron chi connectivity index (χ1n) is 8.29. The number of anilines is 2. The van der Waals surface area contributed by atoms with Gasteiger partial charge in [0.1, 0.15) is 5.75 Å². The summed E-state index contributed by atoms with van der Waals surface area (Å²) in [4.78, 5) is 5.17. The van der Waals surface area contributed by atoms with E-state index in [2.05, 4.69) is 28.9 Å². The van der Waals surface area contributed by atoms with Crippen LogP contribution in [0.4, 0.5) is 11.4 Å². The van der Waals surface area contributed by atoms with E-state index in [1.165, 1.54) is 38.0 Å². The van der Waals surface area contributed by atoms with Crippen LogP contribution in [0.5, 0.6) is 5.75 Å². The Labute approximate surface area is 127 Å². The SMILES string of the molecule is CCCOc1cc(N2CCCN3CCCC3C2)ccc1N. The molecular weight excluding hydrogens is 262 g/mol. The Morgan fingerprint density at radius 3 is 2.95 bits per heavy atom. The van der Waals surface area contributed by atoms with Crippen molar-refractivity contribution < 1.29 is 4.74 Å². The highest BCUT2D eigenvalue weighted by Crippen LogP contribution is 2.30. The van der Waals surface area contributed by atoms with E-state index in [0.717, 1.165) is 43.6 Å². The van der Waals surface area contributed by atoms with Gasteiger partial charge in [0.15, 0.2) is 0 Å². The van der Waals surface area contributed by atoms with Gasteiger partial charge in [-0.3, -0.25) is 4.90 Å².